The van der Waals surface area contributed by atoms with Crippen LogP contribution in [0.2, 0.25) is 0 Å². The zero-order valence-corrected chi connectivity index (χ0v) is 17.4. The van der Waals surface area contributed by atoms with E-state index >= 15 is 0 Å². The van der Waals surface area contributed by atoms with Gasteiger partial charge in [0.15, 0.2) is 0 Å². The molecule has 2 aromatic heterocycles. The molecule has 0 aliphatic rings. The van der Waals surface area contributed by atoms with E-state index in [4.69, 9.17) is 14.5 Å². The Kier molecular flexibility index (Phi) is 5.23. The zero-order chi connectivity index (χ0) is 21.3. The molecule has 0 aliphatic carbocycles. The predicted molar refractivity (Wildman–Crippen MR) is 119 cm³/mol. The number of aryl methyl sites for hydroxylation is 2. The average Bonchev–Trinajstić information content (AvgIpc) is 2.74. The van der Waals surface area contributed by atoms with Crippen LogP contribution >= 0.6 is 0 Å². The number of carbonyl (C=O) groups is 1. The fourth-order valence-corrected chi connectivity index (χ4v) is 3.58. The molecule has 0 radical (unpaired) electrons. The molecular weight excluding hydrogens is 378 g/mol. The lowest BCUT2D eigenvalue weighted by Crippen LogP contribution is -2.10. The van der Waals surface area contributed by atoms with Gasteiger partial charge in [-0.2, -0.15) is 0 Å². The quantitative estimate of drug-likeness (QED) is 0.360. The van der Waals surface area contributed by atoms with Crippen molar-refractivity contribution >= 4 is 39.1 Å². The molecule has 0 atom stereocenters. The minimum absolute atomic E-state index is 0.281. The first-order valence-electron chi connectivity index (χ1n) is 9.79. The van der Waals surface area contributed by atoms with E-state index in [1.807, 2.05) is 50.2 Å². The number of benzene rings is 2. The van der Waals surface area contributed by atoms with Crippen LogP contribution < -0.4 is 10.1 Å². The lowest BCUT2D eigenvalue weighted by molar-refractivity contribution is 0.0527. The average molecular weight is 401 g/mol. The number of hydrogen-bond donors (Lipinski definition) is 1. The number of methoxy groups -OCH3 is 1. The van der Waals surface area contributed by atoms with Crippen LogP contribution in [0.4, 0.5) is 11.4 Å². The van der Waals surface area contributed by atoms with E-state index in [1.165, 1.54) is 0 Å². The molecule has 0 fully saturated rings. The van der Waals surface area contributed by atoms with Gasteiger partial charge in [0.25, 0.3) is 0 Å². The Morgan fingerprint density at radius 2 is 1.97 bits per heavy atom. The van der Waals surface area contributed by atoms with Gasteiger partial charge in [-0.1, -0.05) is 17.7 Å². The van der Waals surface area contributed by atoms with E-state index in [-0.39, 0.29) is 6.61 Å². The lowest BCUT2D eigenvalue weighted by atomic mass is 10.0. The topological polar surface area (TPSA) is 73.3 Å². The molecule has 0 saturated carbocycles. The van der Waals surface area contributed by atoms with Crippen LogP contribution in [0.25, 0.3) is 21.8 Å². The molecule has 4 aromatic rings. The molecule has 0 saturated heterocycles. The number of rotatable bonds is 5. The van der Waals surface area contributed by atoms with Crippen LogP contribution in [0.1, 0.15) is 28.5 Å². The van der Waals surface area contributed by atoms with Gasteiger partial charge in [-0.25, -0.2) is 4.79 Å². The Hall–Kier alpha value is -3.67. The smallest absolute Gasteiger partial charge is 0.341 e. The van der Waals surface area contributed by atoms with Gasteiger partial charge in [0, 0.05) is 34.4 Å². The SMILES string of the molecule is CCOC(=O)c1cnc2c(c(C)nc3ccc(C)cc32)c1Nc1cccc(OC)c1. The maximum Gasteiger partial charge on any atom is 0.341 e. The minimum atomic E-state index is -0.430. The Morgan fingerprint density at radius 1 is 1.13 bits per heavy atom. The van der Waals surface area contributed by atoms with Crippen LogP contribution in [0.3, 0.4) is 0 Å². The zero-order valence-electron chi connectivity index (χ0n) is 17.4. The summed E-state index contributed by atoms with van der Waals surface area (Å²) in [4.78, 5) is 22.1. The normalized spacial score (nSPS) is 10.9. The molecule has 4 rings (SSSR count). The lowest BCUT2D eigenvalue weighted by Gasteiger charge is -2.17. The maximum atomic E-state index is 12.7. The molecule has 2 heterocycles. The Morgan fingerprint density at radius 3 is 2.73 bits per heavy atom. The Bertz CT molecular complexity index is 1270. The molecular formula is C24H23N3O3. The van der Waals surface area contributed by atoms with Crippen molar-refractivity contribution in [3.63, 3.8) is 0 Å². The molecule has 1 N–H and O–H groups in total. The first-order chi connectivity index (χ1) is 14.5. The standard InChI is InChI=1S/C24H23N3O3/c1-5-30-24(28)19-13-25-22-18-11-14(2)9-10-20(18)26-15(3)21(22)23(19)27-16-7-6-8-17(12-16)29-4/h6-13H,5H2,1-4H3,(H,25,27). The number of aromatic nitrogens is 2. The monoisotopic (exact) mass is 401 g/mol. The van der Waals surface area contributed by atoms with Gasteiger partial charge in [0.1, 0.15) is 11.3 Å². The van der Waals surface area contributed by atoms with Crippen LogP contribution in [-0.4, -0.2) is 29.7 Å². The van der Waals surface area contributed by atoms with Crippen LogP contribution in [0, 0.1) is 13.8 Å². The van der Waals surface area contributed by atoms with Gasteiger partial charge in [-0.3, -0.25) is 9.97 Å². The maximum absolute atomic E-state index is 12.7. The van der Waals surface area contributed by atoms with E-state index in [1.54, 1.807) is 20.2 Å². The highest BCUT2D eigenvalue weighted by Gasteiger charge is 2.20. The van der Waals surface area contributed by atoms with E-state index in [0.717, 1.165) is 38.8 Å². The number of hydrogen-bond acceptors (Lipinski definition) is 6. The molecule has 0 amide bonds. The van der Waals surface area contributed by atoms with Gasteiger partial charge in [0.05, 0.1) is 30.4 Å². The van der Waals surface area contributed by atoms with Crippen molar-refractivity contribution in [1.82, 2.24) is 9.97 Å². The summed E-state index contributed by atoms with van der Waals surface area (Å²) in [6.45, 7) is 6.02. The van der Waals surface area contributed by atoms with Gasteiger partial charge in [-0.15, -0.1) is 0 Å². The number of pyridine rings is 2. The van der Waals surface area contributed by atoms with Gasteiger partial charge >= 0.3 is 5.97 Å². The fourth-order valence-electron chi connectivity index (χ4n) is 3.58. The summed E-state index contributed by atoms with van der Waals surface area (Å²) in [5.74, 6) is 0.285. The largest absolute Gasteiger partial charge is 0.497 e. The molecule has 2 aromatic carbocycles. The van der Waals surface area contributed by atoms with Crippen LogP contribution in [0.5, 0.6) is 5.75 Å². The minimum Gasteiger partial charge on any atom is -0.497 e. The summed E-state index contributed by atoms with van der Waals surface area (Å²) in [6.07, 6.45) is 1.57. The number of nitrogens with one attached hydrogen (secondary N) is 1. The molecule has 0 unspecified atom stereocenters. The number of nitrogens with zero attached hydrogens (tertiary/aromatic N) is 2. The first-order valence-corrected chi connectivity index (χ1v) is 9.79. The van der Waals surface area contributed by atoms with E-state index in [0.29, 0.717) is 17.0 Å². The Labute approximate surface area is 174 Å². The number of ether oxygens (including phenoxy) is 2. The van der Waals surface area contributed by atoms with Crippen molar-refractivity contribution in [2.75, 3.05) is 19.0 Å². The number of fused-ring (bicyclic) bond motifs is 3. The molecule has 0 aliphatic heterocycles. The van der Waals surface area contributed by atoms with Crippen molar-refractivity contribution in [3.05, 3.63) is 65.5 Å². The number of esters is 1. The summed E-state index contributed by atoms with van der Waals surface area (Å²) >= 11 is 0. The highest BCUT2D eigenvalue weighted by atomic mass is 16.5. The summed E-state index contributed by atoms with van der Waals surface area (Å²) in [5, 5.41) is 5.13. The second-order valence-corrected chi connectivity index (χ2v) is 7.07. The molecule has 6 heteroatoms. The van der Waals surface area contributed by atoms with Gasteiger partial charge in [-0.05, 0) is 45.0 Å². The summed E-state index contributed by atoms with van der Waals surface area (Å²) in [7, 11) is 1.62. The predicted octanol–water partition coefficient (Wildman–Crippen LogP) is 5.33. The Balaban J connectivity index is 2.01. The van der Waals surface area contributed by atoms with Crippen molar-refractivity contribution in [3.8, 4) is 5.75 Å². The first kappa shape index (κ1) is 19.6. The fraction of sp³-hybridized carbons (Fsp3) is 0.208. The van der Waals surface area contributed by atoms with E-state index in [9.17, 15) is 4.79 Å². The summed E-state index contributed by atoms with van der Waals surface area (Å²) in [6, 6.07) is 13.6. The van der Waals surface area contributed by atoms with Crippen molar-refractivity contribution in [2.45, 2.75) is 20.8 Å². The molecule has 152 valence electrons. The second-order valence-electron chi connectivity index (χ2n) is 7.07. The second kappa shape index (κ2) is 7.99. The van der Waals surface area contributed by atoms with Gasteiger partial charge < -0.3 is 14.8 Å². The highest BCUT2D eigenvalue weighted by Crippen LogP contribution is 2.35. The number of carbonyl (C=O) groups excluding carboxylic acids is 1. The number of anilines is 2. The molecule has 30 heavy (non-hydrogen) atoms. The molecule has 0 bridgehead atoms. The van der Waals surface area contributed by atoms with Crippen LogP contribution in [0.15, 0.2) is 48.7 Å². The van der Waals surface area contributed by atoms with Crippen molar-refractivity contribution in [1.29, 1.82) is 0 Å². The summed E-state index contributed by atoms with van der Waals surface area (Å²) in [5.41, 5.74) is 5.34. The van der Waals surface area contributed by atoms with Crippen molar-refractivity contribution < 1.29 is 14.3 Å². The van der Waals surface area contributed by atoms with Crippen LogP contribution in [-0.2, 0) is 4.74 Å². The van der Waals surface area contributed by atoms with E-state index in [2.05, 4.69) is 16.4 Å². The summed E-state index contributed by atoms with van der Waals surface area (Å²) < 4.78 is 10.6. The van der Waals surface area contributed by atoms with Crippen molar-refractivity contribution in [2.24, 2.45) is 0 Å². The van der Waals surface area contributed by atoms with E-state index < -0.39 is 5.97 Å². The third-order valence-electron chi connectivity index (χ3n) is 4.97. The third kappa shape index (κ3) is 3.52. The highest BCUT2D eigenvalue weighted by molar-refractivity contribution is 6.13. The molecule has 6 nitrogen and oxygen atoms in total. The van der Waals surface area contributed by atoms with Gasteiger partial charge in [0.2, 0.25) is 0 Å². The molecule has 0 spiro atoms. The third-order valence-corrected chi connectivity index (χ3v) is 4.97.